The summed E-state index contributed by atoms with van der Waals surface area (Å²) in [5, 5.41) is 8.32. The number of benzene rings is 2. The Morgan fingerprint density at radius 2 is 1.81 bits per heavy atom. The second-order valence-electron chi connectivity index (χ2n) is 7.92. The summed E-state index contributed by atoms with van der Waals surface area (Å²) in [5.41, 5.74) is 2.12. The molecule has 0 radical (unpaired) electrons. The summed E-state index contributed by atoms with van der Waals surface area (Å²) in [5.74, 6) is 0.214. The van der Waals surface area contributed by atoms with Gasteiger partial charge in [0.2, 0.25) is 5.89 Å². The van der Waals surface area contributed by atoms with Crippen LogP contribution in [0.25, 0.3) is 11.5 Å². The molecule has 2 saturated heterocycles. The number of ether oxygens (including phenoxy) is 1. The van der Waals surface area contributed by atoms with Crippen molar-refractivity contribution < 1.29 is 13.9 Å². The largest absolute Gasteiger partial charge is 0.412 e. The molecule has 2 aliphatic heterocycles. The van der Waals surface area contributed by atoms with Gasteiger partial charge in [0, 0.05) is 55.5 Å². The van der Waals surface area contributed by atoms with Gasteiger partial charge in [-0.2, -0.15) is 0 Å². The van der Waals surface area contributed by atoms with E-state index in [2.05, 4.69) is 39.4 Å². The lowest BCUT2D eigenvalue weighted by molar-refractivity contribution is -0.0334. The zero-order chi connectivity index (χ0) is 21.2. The van der Waals surface area contributed by atoms with E-state index in [0.717, 1.165) is 25.2 Å². The highest BCUT2D eigenvalue weighted by molar-refractivity contribution is 8.00. The number of hydrogen-bond acceptors (Lipinski definition) is 7. The molecule has 2 fully saturated rings. The van der Waals surface area contributed by atoms with E-state index in [4.69, 9.17) is 9.15 Å². The second kappa shape index (κ2) is 8.82. The van der Waals surface area contributed by atoms with Crippen LogP contribution in [0.15, 0.2) is 63.9 Å². The van der Waals surface area contributed by atoms with Crippen LogP contribution in [0.2, 0.25) is 0 Å². The summed E-state index contributed by atoms with van der Waals surface area (Å²) < 4.78 is 10.9. The van der Waals surface area contributed by atoms with Crippen molar-refractivity contribution >= 4 is 17.7 Å². The quantitative estimate of drug-likeness (QED) is 0.563. The van der Waals surface area contributed by atoms with E-state index in [9.17, 15) is 4.79 Å². The first kappa shape index (κ1) is 20.2. The molecule has 8 heteroatoms. The van der Waals surface area contributed by atoms with Crippen molar-refractivity contribution in [1.29, 1.82) is 0 Å². The lowest BCUT2D eigenvalue weighted by Gasteiger charge is -2.38. The van der Waals surface area contributed by atoms with Crippen LogP contribution in [0.1, 0.15) is 16.2 Å². The molecule has 1 amide bonds. The lowest BCUT2D eigenvalue weighted by atomic mass is 10.1. The molecule has 7 nitrogen and oxygen atoms in total. The van der Waals surface area contributed by atoms with Gasteiger partial charge in [0.1, 0.15) is 0 Å². The molecule has 0 atom stereocenters. The van der Waals surface area contributed by atoms with Crippen LogP contribution in [0, 0.1) is 0 Å². The topological polar surface area (TPSA) is 71.7 Å². The molecule has 5 rings (SSSR count). The van der Waals surface area contributed by atoms with Gasteiger partial charge in [-0.1, -0.05) is 30.3 Å². The van der Waals surface area contributed by atoms with E-state index in [-0.39, 0.29) is 11.8 Å². The first-order chi connectivity index (χ1) is 15.2. The van der Waals surface area contributed by atoms with Crippen LogP contribution in [0.3, 0.4) is 0 Å². The van der Waals surface area contributed by atoms with Gasteiger partial charge in [-0.15, -0.1) is 22.0 Å². The Hall–Kier alpha value is -2.68. The zero-order valence-corrected chi connectivity index (χ0v) is 18.1. The minimum Gasteiger partial charge on any atom is -0.412 e. The third-order valence-corrected chi connectivity index (χ3v) is 6.83. The Balaban J connectivity index is 1.10. The Bertz CT molecular complexity index is 1030. The number of rotatable bonds is 7. The summed E-state index contributed by atoms with van der Waals surface area (Å²) >= 11 is 1.81. The fourth-order valence-corrected chi connectivity index (χ4v) is 4.93. The molecule has 1 aromatic heterocycles. The van der Waals surface area contributed by atoms with E-state index in [1.165, 1.54) is 10.5 Å². The number of carbonyl (C=O) groups is 1. The van der Waals surface area contributed by atoms with Gasteiger partial charge < -0.3 is 14.1 Å². The van der Waals surface area contributed by atoms with Crippen LogP contribution in [0.4, 0.5) is 0 Å². The van der Waals surface area contributed by atoms with Gasteiger partial charge in [0.05, 0.1) is 6.10 Å². The van der Waals surface area contributed by atoms with Crippen molar-refractivity contribution in [3.05, 3.63) is 66.1 Å². The van der Waals surface area contributed by atoms with E-state index in [1.807, 2.05) is 30.3 Å². The normalized spacial score (nSPS) is 17.4. The number of methoxy groups -OCH3 is 1. The molecule has 3 heterocycles. The van der Waals surface area contributed by atoms with Crippen molar-refractivity contribution in [2.75, 3.05) is 33.3 Å². The molecule has 0 spiro atoms. The number of nitrogens with zero attached hydrogens (tertiary/aromatic N) is 4. The van der Waals surface area contributed by atoms with Gasteiger partial charge in [-0.05, 0) is 29.8 Å². The van der Waals surface area contributed by atoms with Crippen LogP contribution in [-0.4, -0.2) is 70.5 Å². The maximum absolute atomic E-state index is 12.6. The molecule has 0 N–H and O–H groups in total. The third-order valence-electron chi connectivity index (χ3n) is 5.65. The Labute approximate surface area is 185 Å². The zero-order valence-electron chi connectivity index (χ0n) is 17.3. The summed E-state index contributed by atoms with van der Waals surface area (Å²) in [4.78, 5) is 18.0. The van der Waals surface area contributed by atoms with E-state index >= 15 is 0 Å². The van der Waals surface area contributed by atoms with Gasteiger partial charge in [0.25, 0.3) is 0 Å². The predicted molar refractivity (Wildman–Crippen MR) is 118 cm³/mol. The van der Waals surface area contributed by atoms with Gasteiger partial charge >= 0.3 is 11.8 Å². The maximum atomic E-state index is 12.6. The molecular formula is C23H24N4O3S. The summed E-state index contributed by atoms with van der Waals surface area (Å²) in [6, 6.07) is 18.2. The van der Waals surface area contributed by atoms with E-state index in [1.54, 1.807) is 23.8 Å². The number of hydrogen-bond donors (Lipinski definition) is 0. The number of aromatic nitrogens is 2. The fraction of sp³-hybridized carbons (Fsp3) is 0.348. The Kier molecular flexibility index (Phi) is 5.76. The molecule has 3 aromatic rings. The molecule has 160 valence electrons. The number of carbonyl (C=O) groups excluding carboxylic acids is 1. The SMILES string of the molecule is COC1CN(Cc2ccc(SC3CN(C(=O)c4nnc(-c5ccccc5)o4)C3)cc2)C1. The van der Waals surface area contributed by atoms with Crippen molar-refractivity contribution in [3.8, 4) is 11.5 Å². The fourth-order valence-electron chi connectivity index (χ4n) is 3.75. The average Bonchev–Trinajstić information content (AvgIpc) is 3.24. The van der Waals surface area contributed by atoms with Gasteiger partial charge in [-0.3, -0.25) is 9.69 Å². The molecule has 2 aromatic carbocycles. The van der Waals surface area contributed by atoms with Crippen LogP contribution in [-0.2, 0) is 11.3 Å². The van der Waals surface area contributed by atoms with Crippen molar-refractivity contribution in [2.45, 2.75) is 22.8 Å². The van der Waals surface area contributed by atoms with Crippen LogP contribution >= 0.6 is 11.8 Å². The smallest absolute Gasteiger partial charge is 0.311 e. The van der Waals surface area contributed by atoms with Gasteiger partial charge in [0.15, 0.2) is 0 Å². The Morgan fingerprint density at radius 1 is 1.06 bits per heavy atom. The highest BCUT2D eigenvalue weighted by Crippen LogP contribution is 2.31. The molecule has 0 aliphatic carbocycles. The molecule has 0 bridgehead atoms. The van der Waals surface area contributed by atoms with Crippen LogP contribution < -0.4 is 0 Å². The highest BCUT2D eigenvalue weighted by Gasteiger charge is 2.34. The summed E-state index contributed by atoms with van der Waals surface area (Å²) in [7, 11) is 1.77. The van der Waals surface area contributed by atoms with E-state index in [0.29, 0.717) is 30.3 Å². The monoisotopic (exact) mass is 436 g/mol. The first-order valence-corrected chi connectivity index (χ1v) is 11.2. The van der Waals surface area contributed by atoms with Crippen molar-refractivity contribution in [1.82, 2.24) is 20.0 Å². The molecule has 2 aliphatic rings. The number of thioether (sulfide) groups is 1. The highest BCUT2D eigenvalue weighted by atomic mass is 32.2. The maximum Gasteiger partial charge on any atom is 0.311 e. The average molecular weight is 437 g/mol. The molecule has 31 heavy (non-hydrogen) atoms. The molecule has 0 saturated carbocycles. The number of amides is 1. The van der Waals surface area contributed by atoms with Gasteiger partial charge in [-0.25, -0.2) is 0 Å². The molecular weight excluding hydrogens is 412 g/mol. The minimum atomic E-state index is -0.203. The van der Waals surface area contributed by atoms with Crippen molar-refractivity contribution in [3.63, 3.8) is 0 Å². The number of likely N-dealkylation sites (tertiary alicyclic amines) is 2. The summed E-state index contributed by atoms with van der Waals surface area (Å²) in [6.45, 7) is 4.34. The van der Waals surface area contributed by atoms with Crippen LogP contribution in [0.5, 0.6) is 0 Å². The lowest BCUT2D eigenvalue weighted by Crippen LogP contribution is -2.52. The second-order valence-corrected chi connectivity index (χ2v) is 9.30. The predicted octanol–water partition coefficient (Wildman–Crippen LogP) is 3.18. The Morgan fingerprint density at radius 3 is 2.52 bits per heavy atom. The molecule has 0 unspecified atom stereocenters. The standard InChI is InChI=1S/C23H24N4O3S/c1-29-18-12-26(13-18)11-16-7-9-19(10-8-16)31-20-14-27(15-20)23(28)22-25-24-21(30-22)17-5-3-2-4-6-17/h2-10,18,20H,11-15H2,1H3. The summed E-state index contributed by atoms with van der Waals surface area (Å²) in [6.07, 6.45) is 0.385. The minimum absolute atomic E-state index is 0.0494. The van der Waals surface area contributed by atoms with E-state index < -0.39 is 0 Å². The first-order valence-electron chi connectivity index (χ1n) is 10.4. The van der Waals surface area contributed by atoms with Crippen molar-refractivity contribution in [2.24, 2.45) is 0 Å². The third kappa shape index (κ3) is 4.51.